The smallest absolute Gasteiger partial charge is 0.301 e. The molecule has 0 saturated heterocycles. The Hall–Kier alpha value is -3.78. The van der Waals surface area contributed by atoms with Crippen molar-refractivity contribution in [2.24, 2.45) is 0 Å². The zero-order chi connectivity index (χ0) is 36.8. The molecule has 0 aromatic heterocycles. The third-order valence-corrected chi connectivity index (χ3v) is 10.0. The number of fused-ring (bicyclic) bond motifs is 2. The molecule has 5 rings (SSSR count). The lowest BCUT2D eigenvalue weighted by atomic mass is 9.94. The van der Waals surface area contributed by atoms with Gasteiger partial charge in [0.1, 0.15) is 5.75 Å². The number of anilines is 1. The lowest BCUT2D eigenvalue weighted by Crippen LogP contribution is -2.22. The molecule has 1 heterocycles. The molecular weight excluding hydrogens is 689 g/mol. The van der Waals surface area contributed by atoms with E-state index in [0.717, 1.165) is 50.2 Å². The maximum absolute atomic E-state index is 11.3. The maximum Gasteiger partial charge on any atom is 0.301 e. The SMILES string of the molecule is CCN(CC)CC.COc1ccc2c(CCCCS(=O)(=O)O)c(/C=C3\Oc4ccc(-c5ccccc5)cc4N3CCCCOS(=O)O)ccc2c1. The summed E-state index contributed by atoms with van der Waals surface area (Å²) >= 11 is -2.30. The minimum Gasteiger partial charge on any atom is -0.497 e. The van der Waals surface area contributed by atoms with Crippen molar-refractivity contribution in [3.63, 3.8) is 0 Å². The lowest BCUT2D eigenvalue weighted by Gasteiger charge is -2.20. The average Bonchev–Trinajstić information content (AvgIpc) is 3.47. The van der Waals surface area contributed by atoms with Crippen LogP contribution in [0.15, 0.2) is 84.7 Å². The lowest BCUT2D eigenvalue weighted by molar-refractivity contribution is 0.298. The van der Waals surface area contributed by atoms with Crippen molar-refractivity contribution in [3.05, 3.63) is 95.9 Å². The Morgan fingerprint density at radius 3 is 2.27 bits per heavy atom. The Morgan fingerprint density at radius 1 is 0.882 bits per heavy atom. The quantitative estimate of drug-likeness (QED) is 0.0622. The fourth-order valence-electron chi connectivity index (χ4n) is 6.07. The van der Waals surface area contributed by atoms with Gasteiger partial charge in [0.25, 0.3) is 10.1 Å². The average molecular weight is 739 g/mol. The number of ether oxygens (including phenoxy) is 2. The third kappa shape index (κ3) is 11.9. The highest BCUT2D eigenvalue weighted by Gasteiger charge is 2.27. The second kappa shape index (κ2) is 19.7. The van der Waals surface area contributed by atoms with Crippen molar-refractivity contribution < 1.29 is 35.4 Å². The van der Waals surface area contributed by atoms with Gasteiger partial charge in [-0.25, -0.2) is 0 Å². The zero-order valence-corrected chi connectivity index (χ0v) is 31.5. The van der Waals surface area contributed by atoms with Crippen molar-refractivity contribution >= 4 is 44.0 Å². The predicted molar refractivity (Wildman–Crippen MR) is 207 cm³/mol. The van der Waals surface area contributed by atoms with Gasteiger partial charge >= 0.3 is 11.4 Å². The van der Waals surface area contributed by atoms with E-state index in [9.17, 15) is 17.2 Å². The van der Waals surface area contributed by atoms with E-state index in [1.807, 2.05) is 66.7 Å². The number of aryl methyl sites for hydroxylation is 1. The molecule has 1 aliphatic heterocycles. The minimum atomic E-state index is -4.03. The molecule has 1 unspecified atom stereocenters. The fourth-order valence-corrected chi connectivity index (χ4v) is 6.90. The van der Waals surface area contributed by atoms with Gasteiger partial charge in [-0.1, -0.05) is 75.4 Å². The van der Waals surface area contributed by atoms with Crippen LogP contribution >= 0.6 is 0 Å². The van der Waals surface area contributed by atoms with E-state index in [1.54, 1.807) is 7.11 Å². The normalized spacial score (nSPS) is 13.9. The zero-order valence-electron chi connectivity index (χ0n) is 29.9. The van der Waals surface area contributed by atoms with Crippen LogP contribution in [0.3, 0.4) is 0 Å². The molecule has 0 spiro atoms. The van der Waals surface area contributed by atoms with E-state index >= 15 is 0 Å². The molecule has 1 aliphatic rings. The van der Waals surface area contributed by atoms with Crippen molar-refractivity contribution in [3.8, 4) is 22.6 Å². The fraction of sp³-hybridized carbons (Fsp3) is 0.385. The predicted octanol–water partition coefficient (Wildman–Crippen LogP) is 8.20. The molecule has 51 heavy (non-hydrogen) atoms. The van der Waals surface area contributed by atoms with Crippen LogP contribution in [0.5, 0.6) is 11.5 Å². The molecule has 12 heteroatoms. The Bertz CT molecular complexity index is 1870. The number of hydrogen-bond acceptors (Lipinski definition) is 8. The van der Waals surface area contributed by atoms with Crippen LogP contribution in [0.4, 0.5) is 5.69 Å². The molecular formula is C39H50N2O8S2. The highest BCUT2D eigenvalue weighted by Crippen LogP contribution is 2.43. The highest BCUT2D eigenvalue weighted by atomic mass is 32.2. The van der Waals surface area contributed by atoms with Gasteiger partial charge in [-0.3, -0.25) is 13.3 Å². The van der Waals surface area contributed by atoms with Gasteiger partial charge < -0.3 is 19.3 Å². The minimum absolute atomic E-state index is 0.162. The second-order valence-corrected chi connectivity index (χ2v) is 14.4. The Labute approximate surface area is 305 Å². The Morgan fingerprint density at radius 2 is 1.63 bits per heavy atom. The molecule has 276 valence electrons. The van der Waals surface area contributed by atoms with Gasteiger partial charge in [0, 0.05) is 12.6 Å². The third-order valence-electron chi connectivity index (χ3n) is 8.87. The first-order valence-electron chi connectivity index (χ1n) is 17.4. The number of hydrogen-bond donors (Lipinski definition) is 2. The number of methoxy groups -OCH3 is 1. The first kappa shape index (κ1) is 40.0. The molecule has 2 N–H and O–H groups in total. The molecule has 0 aliphatic carbocycles. The summed E-state index contributed by atoms with van der Waals surface area (Å²) in [5.74, 6) is 1.82. The number of benzene rings is 4. The van der Waals surface area contributed by atoms with Gasteiger partial charge in [-0.15, -0.1) is 0 Å². The van der Waals surface area contributed by atoms with Crippen LogP contribution in [0.25, 0.3) is 28.0 Å². The maximum atomic E-state index is 11.3. The number of unbranched alkanes of at least 4 members (excludes halogenated alkanes) is 2. The summed E-state index contributed by atoms with van der Waals surface area (Å²) in [5, 5.41) is 2.02. The van der Waals surface area contributed by atoms with Crippen molar-refractivity contribution in [2.75, 3.05) is 50.5 Å². The van der Waals surface area contributed by atoms with Gasteiger partial charge in [0.15, 0.2) is 5.75 Å². The van der Waals surface area contributed by atoms with Crippen molar-refractivity contribution in [1.29, 1.82) is 0 Å². The summed E-state index contributed by atoms with van der Waals surface area (Å²) in [5.41, 5.74) is 5.03. The number of nitrogens with zero attached hydrogens (tertiary/aromatic N) is 2. The summed E-state index contributed by atoms with van der Waals surface area (Å²) in [6.07, 6.45) is 4.77. The van der Waals surface area contributed by atoms with Crippen LogP contribution in [-0.2, 0) is 32.1 Å². The van der Waals surface area contributed by atoms with Crippen LogP contribution in [-0.4, -0.2) is 72.3 Å². The number of rotatable bonds is 17. The van der Waals surface area contributed by atoms with E-state index < -0.39 is 21.5 Å². The van der Waals surface area contributed by atoms with Gasteiger partial charge in [-0.2, -0.15) is 12.6 Å². The molecule has 0 saturated carbocycles. The summed E-state index contributed by atoms with van der Waals surface area (Å²) in [6.45, 7) is 10.9. The van der Waals surface area contributed by atoms with Crippen molar-refractivity contribution in [2.45, 2.75) is 52.9 Å². The van der Waals surface area contributed by atoms with E-state index in [1.165, 1.54) is 19.6 Å². The van der Waals surface area contributed by atoms with Gasteiger partial charge in [0.2, 0.25) is 5.88 Å². The van der Waals surface area contributed by atoms with E-state index in [4.69, 9.17) is 18.2 Å². The largest absolute Gasteiger partial charge is 0.497 e. The topological polar surface area (TPSA) is 126 Å². The molecule has 0 amide bonds. The molecule has 0 bridgehead atoms. The molecule has 4 aromatic carbocycles. The Kier molecular flexibility index (Phi) is 15.5. The van der Waals surface area contributed by atoms with Gasteiger partial charge in [0.05, 0.1) is 25.2 Å². The van der Waals surface area contributed by atoms with Crippen LogP contribution < -0.4 is 14.4 Å². The monoisotopic (exact) mass is 738 g/mol. The second-order valence-electron chi connectivity index (χ2n) is 12.1. The van der Waals surface area contributed by atoms with E-state index in [0.29, 0.717) is 44.5 Å². The van der Waals surface area contributed by atoms with Crippen LogP contribution in [0, 0.1) is 0 Å². The van der Waals surface area contributed by atoms with E-state index in [2.05, 4.69) is 48.8 Å². The summed E-state index contributed by atoms with van der Waals surface area (Å²) in [4.78, 5) is 4.48. The van der Waals surface area contributed by atoms with Crippen molar-refractivity contribution in [1.82, 2.24) is 4.90 Å². The first-order valence-corrected chi connectivity index (χ1v) is 20.1. The first-order chi connectivity index (χ1) is 24.6. The van der Waals surface area contributed by atoms with Crippen LogP contribution in [0.1, 0.15) is 57.6 Å². The summed E-state index contributed by atoms with van der Waals surface area (Å²) in [7, 11) is -2.41. The summed E-state index contributed by atoms with van der Waals surface area (Å²) in [6, 6.07) is 26.1. The highest BCUT2D eigenvalue weighted by molar-refractivity contribution is 7.85. The summed E-state index contributed by atoms with van der Waals surface area (Å²) < 4.78 is 68.4. The van der Waals surface area contributed by atoms with E-state index in [-0.39, 0.29) is 12.4 Å². The van der Waals surface area contributed by atoms with Gasteiger partial charge in [-0.05, 0) is 109 Å². The molecule has 0 fully saturated rings. The van der Waals surface area contributed by atoms with Crippen LogP contribution in [0.2, 0.25) is 0 Å². The molecule has 4 aromatic rings. The Balaban J connectivity index is 0.000000755. The molecule has 1 atom stereocenters. The molecule has 10 nitrogen and oxygen atoms in total. The standard InChI is InChI=1S/C33H35NO8S2.C6H15N/c1-40-28-15-16-30-26(21-28)12-13-27(29(30)11-5-8-20-44(37,38)39)23-33-34(18-6-7-19-41-43(35)36)31-22-25(14-17-32(31)42-33)24-9-3-2-4-10-24;1-4-7(5-2)6-3/h2-4,9-10,12-17,21-23H,5-8,11,18-20H2,1H3,(H,35,36)(H,37,38,39);4-6H2,1-3H3/b33-23-;. The molecule has 0 radical (unpaired) electrons.